The Hall–Kier alpha value is -0.940. The van der Waals surface area contributed by atoms with Crippen molar-refractivity contribution in [2.75, 3.05) is 31.1 Å². The van der Waals surface area contributed by atoms with Crippen LogP contribution in [0.25, 0.3) is 0 Å². The molecule has 1 heterocycles. The molecule has 2 rings (SSSR count). The molecule has 0 atom stereocenters. The van der Waals surface area contributed by atoms with Gasteiger partial charge in [-0.1, -0.05) is 31.5 Å². The van der Waals surface area contributed by atoms with Crippen molar-refractivity contribution < 1.29 is 4.39 Å². The highest BCUT2D eigenvalue weighted by atomic mass is 35.5. The van der Waals surface area contributed by atoms with Crippen molar-refractivity contribution in [3.63, 3.8) is 0 Å². The van der Waals surface area contributed by atoms with Gasteiger partial charge < -0.3 is 10.6 Å². The fraction of sp³-hybridized carbons (Fsp3) is 0.533. The van der Waals surface area contributed by atoms with Crippen LogP contribution in [-0.4, -0.2) is 42.0 Å². The first-order valence-corrected chi connectivity index (χ1v) is 8.51. The monoisotopic (exact) mass is 329 g/mol. The lowest BCUT2D eigenvalue weighted by atomic mass is 9.84. The first-order chi connectivity index (χ1) is 9.90. The van der Waals surface area contributed by atoms with Gasteiger partial charge in [0.1, 0.15) is 5.82 Å². The number of benzene rings is 1. The van der Waals surface area contributed by atoms with Crippen LogP contribution in [0.2, 0.25) is 5.02 Å². The summed E-state index contributed by atoms with van der Waals surface area (Å²) < 4.78 is 13.2. The average molecular weight is 330 g/mol. The predicted octanol–water partition coefficient (Wildman–Crippen LogP) is 3.12. The number of halogens is 2. The van der Waals surface area contributed by atoms with Gasteiger partial charge >= 0.3 is 0 Å². The Bertz CT molecular complexity index is 528. The molecule has 1 saturated heterocycles. The number of guanidine groups is 1. The third-order valence-corrected chi connectivity index (χ3v) is 4.89. The molecule has 0 bridgehead atoms. The summed E-state index contributed by atoms with van der Waals surface area (Å²) in [4.78, 5) is 6.63. The summed E-state index contributed by atoms with van der Waals surface area (Å²) in [6, 6.07) is 4.49. The molecule has 0 amide bonds. The van der Waals surface area contributed by atoms with Crippen molar-refractivity contribution >= 4 is 29.3 Å². The Morgan fingerprint density at radius 3 is 2.71 bits per heavy atom. The van der Waals surface area contributed by atoms with Gasteiger partial charge in [0.2, 0.25) is 0 Å². The summed E-state index contributed by atoms with van der Waals surface area (Å²) in [6.45, 7) is 6.48. The lowest BCUT2D eigenvalue weighted by Gasteiger charge is -2.29. The van der Waals surface area contributed by atoms with Gasteiger partial charge in [0.15, 0.2) is 5.96 Å². The molecule has 0 radical (unpaired) electrons. The molecular weight excluding hydrogens is 309 g/mol. The van der Waals surface area contributed by atoms with Crippen LogP contribution in [0.3, 0.4) is 0 Å². The Morgan fingerprint density at radius 2 is 2.10 bits per heavy atom. The number of hydrogen-bond donors (Lipinski definition) is 1. The van der Waals surface area contributed by atoms with E-state index in [1.165, 1.54) is 12.1 Å². The number of thioether (sulfide) groups is 1. The Labute approximate surface area is 134 Å². The lowest BCUT2D eigenvalue weighted by molar-refractivity contribution is 0.449. The molecule has 1 aliphatic heterocycles. The molecule has 2 N–H and O–H groups in total. The van der Waals surface area contributed by atoms with Crippen molar-refractivity contribution in [2.45, 2.75) is 19.3 Å². The minimum absolute atomic E-state index is 0.292. The number of aliphatic imine (C=N–C) groups is 1. The van der Waals surface area contributed by atoms with E-state index in [0.717, 1.165) is 30.2 Å². The normalized spacial score (nSPS) is 17.1. The maximum atomic E-state index is 13.2. The minimum Gasteiger partial charge on any atom is -0.370 e. The van der Waals surface area contributed by atoms with Gasteiger partial charge in [-0.15, -0.1) is 0 Å². The van der Waals surface area contributed by atoms with Crippen molar-refractivity contribution in [1.29, 1.82) is 0 Å². The lowest BCUT2D eigenvalue weighted by Crippen LogP contribution is -2.43. The number of nitrogens with zero attached hydrogens (tertiary/aromatic N) is 2. The minimum atomic E-state index is -0.326. The van der Waals surface area contributed by atoms with E-state index in [0.29, 0.717) is 17.5 Å². The molecule has 3 nitrogen and oxygen atoms in total. The van der Waals surface area contributed by atoms with Gasteiger partial charge in [-0.3, -0.25) is 4.99 Å². The SMILES string of the molecule is CC(C)(CN=C(N)N1CCSCC1)c1ccc(F)cc1Cl. The molecule has 0 aliphatic carbocycles. The van der Waals surface area contributed by atoms with Gasteiger partial charge in [-0.05, 0) is 17.7 Å². The van der Waals surface area contributed by atoms with E-state index in [1.54, 1.807) is 6.07 Å². The van der Waals surface area contributed by atoms with Crippen LogP contribution in [0, 0.1) is 5.82 Å². The zero-order valence-corrected chi connectivity index (χ0v) is 14.0. The van der Waals surface area contributed by atoms with Crippen molar-refractivity contribution in [3.8, 4) is 0 Å². The molecule has 1 aliphatic rings. The van der Waals surface area contributed by atoms with Crippen molar-refractivity contribution in [1.82, 2.24) is 4.90 Å². The van der Waals surface area contributed by atoms with E-state index >= 15 is 0 Å². The second kappa shape index (κ2) is 6.88. The molecule has 1 aromatic rings. The Balaban J connectivity index is 2.09. The maximum absolute atomic E-state index is 13.2. The third-order valence-electron chi connectivity index (χ3n) is 3.63. The van der Waals surface area contributed by atoms with Gasteiger partial charge in [0.25, 0.3) is 0 Å². The number of nitrogens with two attached hydrogens (primary N) is 1. The Morgan fingerprint density at radius 1 is 1.43 bits per heavy atom. The van der Waals surface area contributed by atoms with Crippen LogP contribution in [0.15, 0.2) is 23.2 Å². The molecule has 21 heavy (non-hydrogen) atoms. The topological polar surface area (TPSA) is 41.6 Å². The van der Waals surface area contributed by atoms with Gasteiger partial charge in [-0.2, -0.15) is 11.8 Å². The highest BCUT2D eigenvalue weighted by Gasteiger charge is 2.24. The summed E-state index contributed by atoms with van der Waals surface area (Å²) in [6.07, 6.45) is 0. The van der Waals surface area contributed by atoms with Crippen LogP contribution in [-0.2, 0) is 5.41 Å². The molecular formula is C15H21ClFN3S. The van der Waals surface area contributed by atoms with E-state index in [1.807, 2.05) is 25.6 Å². The smallest absolute Gasteiger partial charge is 0.191 e. The van der Waals surface area contributed by atoms with Crippen LogP contribution < -0.4 is 5.73 Å². The summed E-state index contributed by atoms with van der Waals surface area (Å²) in [5, 5.41) is 0.433. The quantitative estimate of drug-likeness (QED) is 0.684. The molecule has 1 fully saturated rings. The summed E-state index contributed by atoms with van der Waals surface area (Å²) in [5.74, 6) is 2.43. The van der Waals surface area contributed by atoms with Crippen molar-refractivity contribution in [3.05, 3.63) is 34.6 Å². The highest BCUT2D eigenvalue weighted by Crippen LogP contribution is 2.30. The zero-order chi connectivity index (χ0) is 15.5. The second-order valence-electron chi connectivity index (χ2n) is 5.78. The molecule has 0 unspecified atom stereocenters. The summed E-state index contributed by atoms with van der Waals surface area (Å²) >= 11 is 8.08. The molecule has 116 valence electrons. The molecule has 6 heteroatoms. The average Bonchev–Trinajstić information content (AvgIpc) is 2.45. The van der Waals surface area contributed by atoms with E-state index in [9.17, 15) is 4.39 Å². The highest BCUT2D eigenvalue weighted by molar-refractivity contribution is 7.99. The second-order valence-corrected chi connectivity index (χ2v) is 7.41. The summed E-state index contributed by atoms with van der Waals surface area (Å²) in [5.41, 5.74) is 6.66. The van der Waals surface area contributed by atoms with E-state index < -0.39 is 0 Å². The number of hydrogen-bond acceptors (Lipinski definition) is 2. The fourth-order valence-corrected chi connectivity index (χ4v) is 3.62. The van der Waals surface area contributed by atoms with Crippen LogP contribution in [0.4, 0.5) is 4.39 Å². The van der Waals surface area contributed by atoms with E-state index in [4.69, 9.17) is 17.3 Å². The fourth-order valence-electron chi connectivity index (χ4n) is 2.29. The van der Waals surface area contributed by atoms with Crippen LogP contribution in [0.1, 0.15) is 19.4 Å². The van der Waals surface area contributed by atoms with Gasteiger partial charge in [0, 0.05) is 35.0 Å². The maximum Gasteiger partial charge on any atom is 0.191 e. The van der Waals surface area contributed by atoms with Gasteiger partial charge in [-0.25, -0.2) is 4.39 Å². The van der Waals surface area contributed by atoms with Gasteiger partial charge in [0.05, 0.1) is 6.54 Å². The van der Waals surface area contributed by atoms with E-state index in [-0.39, 0.29) is 11.2 Å². The largest absolute Gasteiger partial charge is 0.370 e. The van der Waals surface area contributed by atoms with E-state index in [2.05, 4.69) is 9.89 Å². The zero-order valence-electron chi connectivity index (χ0n) is 12.4. The Kier molecular flexibility index (Phi) is 5.38. The molecule has 1 aromatic carbocycles. The van der Waals surface area contributed by atoms with Crippen LogP contribution in [0.5, 0.6) is 0 Å². The third kappa shape index (κ3) is 4.27. The summed E-state index contributed by atoms with van der Waals surface area (Å²) in [7, 11) is 0. The van der Waals surface area contributed by atoms with Crippen LogP contribution >= 0.6 is 23.4 Å². The number of rotatable bonds is 3. The molecule has 0 saturated carbocycles. The predicted molar refractivity (Wildman–Crippen MR) is 89.8 cm³/mol. The standard InChI is InChI=1S/C15H21ClFN3S/c1-15(2,12-4-3-11(17)9-13(12)16)10-19-14(18)20-5-7-21-8-6-20/h3-4,9H,5-8,10H2,1-2H3,(H2,18,19). The molecule has 0 aromatic heterocycles. The first kappa shape index (κ1) is 16.4. The molecule has 0 spiro atoms. The first-order valence-electron chi connectivity index (χ1n) is 6.98. The van der Waals surface area contributed by atoms with Crippen molar-refractivity contribution in [2.24, 2.45) is 10.7 Å².